The third-order valence-electron chi connectivity index (χ3n) is 14.3. The fourth-order valence-corrected chi connectivity index (χ4v) is 10.1. The highest BCUT2D eigenvalue weighted by atomic mass is 19.1. The van der Waals surface area contributed by atoms with Gasteiger partial charge in [-0.2, -0.15) is 0 Å². The summed E-state index contributed by atoms with van der Waals surface area (Å²) < 4.78 is 22.0. The summed E-state index contributed by atoms with van der Waals surface area (Å²) in [5.41, 5.74) is 1.86. The minimum Gasteiger partial charge on any atom is -0.458 e. The molecule has 24 heteroatoms. The number of unbranched alkanes of at least 4 members (excludes halogenated alkanes) is 2. The number of esters is 1. The van der Waals surface area contributed by atoms with E-state index in [4.69, 9.17) is 9.72 Å². The van der Waals surface area contributed by atoms with Crippen molar-refractivity contribution in [3.63, 3.8) is 0 Å². The van der Waals surface area contributed by atoms with Gasteiger partial charge in [-0.15, -0.1) is 0 Å². The van der Waals surface area contributed by atoms with E-state index in [0.29, 0.717) is 76.6 Å². The summed E-state index contributed by atoms with van der Waals surface area (Å²) in [4.78, 5) is 146. The molecule has 0 bridgehead atoms. The third kappa shape index (κ3) is 12.3. The second kappa shape index (κ2) is 24.1. The number of rotatable bonds is 23. The van der Waals surface area contributed by atoms with Crippen LogP contribution in [-0.4, -0.2) is 124 Å². The van der Waals surface area contributed by atoms with Gasteiger partial charge in [-0.1, -0.05) is 43.7 Å². The van der Waals surface area contributed by atoms with Crippen LogP contribution in [0.3, 0.4) is 0 Å². The fraction of sp³-hybridized carbons (Fsp3) is 0.407. The summed E-state index contributed by atoms with van der Waals surface area (Å²) >= 11 is 0. The second-order valence-corrected chi connectivity index (χ2v) is 19.4. The normalized spacial score (nSPS) is 17.1. The van der Waals surface area contributed by atoms with Gasteiger partial charge in [-0.05, 0) is 67.3 Å². The molecule has 78 heavy (non-hydrogen) atoms. The van der Waals surface area contributed by atoms with E-state index in [9.17, 15) is 57.8 Å². The van der Waals surface area contributed by atoms with Gasteiger partial charge in [0.2, 0.25) is 41.4 Å². The van der Waals surface area contributed by atoms with E-state index in [2.05, 4.69) is 37.2 Å². The highest BCUT2D eigenvalue weighted by Gasteiger charge is 2.46. The predicted molar refractivity (Wildman–Crippen MR) is 274 cm³/mol. The first-order valence-electron chi connectivity index (χ1n) is 25.7. The number of amides is 9. The van der Waals surface area contributed by atoms with Crippen LogP contribution in [0.5, 0.6) is 0 Å². The Morgan fingerprint density at radius 2 is 1.46 bits per heavy atom. The maximum Gasteiger partial charge on any atom is 0.343 e. The molecule has 5 heterocycles. The Bertz CT molecular complexity index is 3220. The van der Waals surface area contributed by atoms with Crippen LogP contribution in [0.2, 0.25) is 0 Å². The number of aliphatic hydroxyl groups is 1. The van der Waals surface area contributed by atoms with E-state index in [0.717, 1.165) is 10.5 Å². The maximum atomic E-state index is 15.4. The molecule has 8 N–H and O–H groups in total. The van der Waals surface area contributed by atoms with Crippen molar-refractivity contribution in [3.05, 3.63) is 110 Å². The minimum atomic E-state index is -2.05. The SMILES string of the molecule is CC[C@@]1(O)C(=O)OCc2c1cc1n(c2=O)Cc2c-1nc1cc(F)c(C)c3c1c2[C@@H](NC(=O)CCNC(=O)CNC(=O)CNC(=O)[C@H](Cc1ccccc1)NC(=O)CNC(=O)CNC(=O)CCCCCN1C(=O)C=CC1=O)CC3. The summed E-state index contributed by atoms with van der Waals surface area (Å²) in [5.74, 6) is -6.43. The monoisotopic (exact) mass is 1070 g/mol. The average Bonchev–Trinajstić information content (AvgIpc) is 4.11. The van der Waals surface area contributed by atoms with Gasteiger partial charge in [0.05, 0.1) is 61.2 Å². The van der Waals surface area contributed by atoms with Crippen molar-refractivity contribution in [2.75, 3.05) is 39.3 Å². The Balaban J connectivity index is 0.784. The molecule has 0 saturated heterocycles. The summed E-state index contributed by atoms with van der Waals surface area (Å²) in [6.07, 6.45) is 4.63. The van der Waals surface area contributed by atoms with Crippen LogP contribution >= 0.6 is 0 Å². The van der Waals surface area contributed by atoms with Crippen molar-refractivity contribution >= 4 is 70.0 Å². The second-order valence-electron chi connectivity index (χ2n) is 19.4. The van der Waals surface area contributed by atoms with Crippen LogP contribution in [0.4, 0.5) is 4.39 Å². The number of nitrogens with one attached hydrogen (secondary N) is 7. The van der Waals surface area contributed by atoms with E-state index in [-0.39, 0.29) is 74.9 Å². The van der Waals surface area contributed by atoms with Crippen molar-refractivity contribution in [1.82, 2.24) is 51.7 Å². The van der Waals surface area contributed by atoms with Gasteiger partial charge in [-0.3, -0.25) is 52.8 Å². The molecule has 2 aromatic heterocycles. The first-order chi connectivity index (χ1) is 37.4. The molecule has 8 rings (SSSR count). The number of aryl methyl sites for hydroxylation is 1. The topological polar surface area (TPSA) is 322 Å². The van der Waals surface area contributed by atoms with Gasteiger partial charge in [0.15, 0.2) is 5.60 Å². The van der Waals surface area contributed by atoms with Gasteiger partial charge in [0, 0.05) is 67.1 Å². The van der Waals surface area contributed by atoms with E-state index in [1.165, 1.54) is 22.8 Å². The van der Waals surface area contributed by atoms with Gasteiger partial charge in [-0.25, -0.2) is 14.2 Å². The zero-order valence-corrected chi connectivity index (χ0v) is 42.9. The Morgan fingerprint density at radius 1 is 0.795 bits per heavy atom. The average molecular weight is 1080 g/mol. The maximum absolute atomic E-state index is 15.4. The van der Waals surface area contributed by atoms with Crippen LogP contribution < -0.4 is 42.8 Å². The highest BCUT2D eigenvalue weighted by Crippen LogP contribution is 2.46. The first kappa shape index (κ1) is 55.6. The summed E-state index contributed by atoms with van der Waals surface area (Å²) in [6, 6.07) is 9.78. The summed E-state index contributed by atoms with van der Waals surface area (Å²) in [5, 5.41) is 29.9. The molecule has 4 aliphatic rings. The van der Waals surface area contributed by atoms with Crippen molar-refractivity contribution in [3.8, 4) is 11.4 Å². The Kier molecular flexibility index (Phi) is 17.2. The van der Waals surface area contributed by atoms with Crippen molar-refractivity contribution < 1.29 is 62.2 Å². The first-order valence-corrected chi connectivity index (χ1v) is 25.7. The number of cyclic esters (lactones) is 1. The molecule has 9 amide bonds. The number of ether oxygens (including phenoxy) is 1. The standard InChI is InChI=1S/C54H59FN10O13/c1-3-54(77)34-21-39-50-32(27-65(39)52(75)33(34)28-78-53(54)76)49-36(14-13-31-29(2)35(55)22-37(63-50)48(31)49)61-41(67)17-18-56-42(68)23-58-44(70)25-60-51(74)38(20-30-10-6-4-7-11-30)62-45(71)26-59-43(69)24-57-40(66)12-8-5-9-19-64-46(72)15-16-47(64)73/h4,6-7,10-11,15-16,21-22,36,38,77H,3,5,8-9,12-14,17-20,23-28H2,1-2H3,(H,56,68)(H,57,66)(H,58,70)(H,59,69)(H,60,74)(H,61,67)(H,62,71)/t36-,38-,54-/m0/s1. The number of benzene rings is 2. The number of fused-ring (bicyclic) bond motifs is 5. The van der Waals surface area contributed by atoms with E-state index >= 15 is 4.39 Å². The van der Waals surface area contributed by atoms with Crippen LogP contribution in [0, 0.1) is 12.7 Å². The molecule has 0 radical (unpaired) electrons. The lowest BCUT2D eigenvalue weighted by atomic mass is 9.81. The minimum absolute atomic E-state index is 0.0206. The molecule has 0 spiro atoms. The zero-order chi connectivity index (χ0) is 55.8. The lowest BCUT2D eigenvalue weighted by Crippen LogP contribution is -2.52. The number of hydrogen-bond acceptors (Lipinski definition) is 14. The van der Waals surface area contributed by atoms with Gasteiger partial charge < -0.3 is 51.6 Å². The molecule has 410 valence electrons. The molecule has 3 atom stereocenters. The number of halogens is 1. The van der Waals surface area contributed by atoms with Gasteiger partial charge in [0.1, 0.15) is 18.5 Å². The van der Waals surface area contributed by atoms with E-state index in [1.54, 1.807) is 50.2 Å². The number of nitrogens with zero attached hydrogens (tertiary/aromatic N) is 3. The van der Waals surface area contributed by atoms with Crippen molar-refractivity contribution in [1.29, 1.82) is 0 Å². The number of carbonyl (C=O) groups excluding carboxylic acids is 10. The molecule has 0 fully saturated rings. The quantitative estimate of drug-likeness (QED) is 0.0239. The largest absolute Gasteiger partial charge is 0.458 e. The smallest absolute Gasteiger partial charge is 0.343 e. The summed E-state index contributed by atoms with van der Waals surface area (Å²) in [7, 11) is 0. The highest BCUT2D eigenvalue weighted by molar-refractivity contribution is 6.12. The Hall–Kier alpha value is -8.67. The number of carbonyl (C=O) groups is 10. The van der Waals surface area contributed by atoms with Crippen molar-refractivity contribution in [2.45, 2.75) is 102 Å². The van der Waals surface area contributed by atoms with Crippen LogP contribution in [0.15, 0.2) is 59.4 Å². The number of imide groups is 1. The molecule has 0 unspecified atom stereocenters. The van der Waals surface area contributed by atoms with Gasteiger partial charge in [0.25, 0.3) is 17.4 Å². The van der Waals surface area contributed by atoms with Crippen LogP contribution in [0.1, 0.15) is 96.9 Å². The molecule has 3 aliphatic heterocycles. The van der Waals surface area contributed by atoms with Crippen molar-refractivity contribution in [2.24, 2.45) is 0 Å². The summed E-state index contributed by atoms with van der Waals surface area (Å²) in [6.45, 7) is 1.11. The molecule has 2 aromatic carbocycles. The molecule has 0 saturated carbocycles. The Labute approximate surface area is 445 Å². The lowest BCUT2D eigenvalue weighted by molar-refractivity contribution is -0.172. The molecule has 4 aromatic rings. The number of aromatic nitrogens is 2. The van der Waals surface area contributed by atoms with Crippen LogP contribution in [0.25, 0.3) is 22.3 Å². The Morgan fingerprint density at radius 3 is 2.17 bits per heavy atom. The predicted octanol–water partition coefficient (Wildman–Crippen LogP) is -0.185. The number of hydrogen-bond donors (Lipinski definition) is 8. The molecule has 1 aliphatic carbocycles. The van der Waals surface area contributed by atoms with Gasteiger partial charge >= 0.3 is 5.97 Å². The van der Waals surface area contributed by atoms with E-state index < -0.39 is 103 Å². The third-order valence-corrected chi connectivity index (χ3v) is 14.3. The molecular formula is C54H59FN10O13. The zero-order valence-electron chi connectivity index (χ0n) is 42.9. The van der Waals surface area contributed by atoms with Crippen LogP contribution in [-0.2, 0) is 84.3 Å². The lowest BCUT2D eigenvalue weighted by Gasteiger charge is -2.31. The number of pyridine rings is 2. The van der Waals surface area contributed by atoms with E-state index in [1.807, 2.05) is 0 Å². The molecule has 23 nitrogen and oxygen atoms in total. The fourth-order valence-electron chi connectivity index (χ4n) is 10.1. The molecular weight excluding hydrogens is 1020 g/mol.